The van der Waals surface area contributed by atoms with Crippen LogP contribution in [-0.4, -0.2) is 36.3 Å². The lowest BCUT2D eigenvalue weighted by Crippen LogP contribution is -2.34. The van der Waals surface area contributed by atoms with E-state index in [0.29, 0.717) is 30.3 Å². The Labute approximate surface area is 194 Å². The van der Waals surface area contributed by atoms with Gasteiger partial charge in [-0.15, -0.1) is 5.10 Å². The normalized spacial score (nSPS) is 22.8. The van der Waals surface area contributed by atoms with Crippen molar-refractivity contribution in [3.63, 3.8) is 0 Å². The molecule has 0 amide bonds. The third-order valence-electron chi connectivity index (χ3n) is 6.67. The number of methoxy groups -OCH3 is 1. The number of carbonyl (C=O) groups is 1. The molecule has 8 nitrogen and oxygen atoms in total. The van der Waals surface area contributed by atoms with E-state index in [1.807, 2.05) is 0 Å². The molecule has 1 spiro atoms. The lowest BCUT2D eigenvalue weighted by atomic mass is 9.65. The van der Waals surface area contributed by atoms with Crippen LogP contribution in [0.15, 0.2) is 59.2 Å². The first kappa shape index (κ1) is 23.4. The van der Waals surface area contributed by atoms with Crippen molar-refractivity contribution in [3.8, 4) is 5.75 Å². The van der Waals surface area contributed by atoms with E-state index in [9.17, 15) is 13.2 Å². The fraction of sp³-hybridized carbons (Fsp3) is 0.458. The summed E-state index contributed by atoms with van der Waals surface area (Å²) >= 11 is 0. The summed E-state index contributed by atoms with van der Waals surface area (Å²) in [5.74, 6) is 1.46. The second kappa shape index (κ2) is 9.23. The Morgan fingerprint density at radius 3 is 2.67 bits per heavy atom. The van der Waals surface area contributed by atoms with E-state index in [-0.39, 0.29) is 28.6 Å². The SMILES string of the molecule is COc1ccc(S(=O)(=O)NCc2cn(C[C@H]3CC=C(C(C)C)[C@]34C=CC(=O)CC4)nn2)cc1. The molecule has 0 bridgehead atoms. The molecule has 0 saturated heterocycles. The van der Waals surface area contributed by atoms with Crippen LogP contribution in [0.4, 0.5) is 0 Å². The van der Waals surface area contributed by atoms with Crippen LogP contribution in [0.3, 0.4) is 0 Å². The van der Waals surface area contributed by atoms with Crippen LogP contribution < -0.4 is 9.46 Å². The quantitative estimate of drug-likeness (QED) is 0.594. The van der Waals surface area contributed by atoms with Crippen molar-refractivity contribution in [2.75, 3.05) is 7.11 Å². The monoisotopic (exact) mass is 470 g/mol. The number of aromatic nitrogens is 3. The molecule has 2 aromatic rings. The number of sulfonamides is 1. The number of hydrogen-bond acceptors (Lipinski definition) is 6. The summed E-state index contributed by atoms with van der Waals surface area (Å²) in [6.45, 7) is 5.10. The van der Waals surface area contributed by atoms with Crippen molar-refractivity contribution in [3.05, 3.63) is 60.0 Å². The number of nitrogens with zero attached hydrogens (tertiary/aromatic N) is 3. The van der Waals surface area contributed by atoms with Crippen molar-refractivity contribution in [2.24, 2.45) is 17.3 Å². The zero-order valence-corrected chi connectivity index (χ0v) is 20.0. The van der Waals surface area contributed by atoms with Crippen LogP contribution in [0.25, 0.3) is 0 Å². The highest BCUT2D eigenvalue weighted by Gasteiger charge is 2.45. The van der Waals surface area contributed by atoms with E-state index >= 15 is 0 Å². The highest BCUT2D eigenvalue weighted by molar-refractivity contribution is 7.89. The molecule has 2 aliphatic rings. The third-order valence-corrected chi connectivity index (χ3v) is 8.09. The summed E-state index contributed by atoms with van der Waals surface area (Å²) in [5.41, 5.74) is 1.82. The topological polar surface area (TPSA) is 103 Å². The first-order valence-corrected chi connectivity index (χ1v) is 12.7. The average Bonchev–Trinajstić information content (AvgIpc) is 3.40. The molecule has 1 heterocycles. The highest BCUT2D eigenvalue weighted by Crippen LogP contribution is 2.53. The first-order valence-electron chi connectivity index (χ1n) is 11.2. The maximum absolute atomic E-state index is 12.6. The molecule has 0 saturated carbocycles. The van der Waals surface area contributed by atoms with E-state index in [1.54, 1.807) is 29.1 Å². The second-order valence-corrected chi connectivity index (χ2v) is 10.8. The molecular weight excluding hydrogens is 440 g/mol. The first-order chi connectivity index (χ1) is 15.7. The standard InChI is InChI=1S/C24H30N4O4S/c1-17(2)23-9-4-18(24(23)12-10-20(29)11-13-24)15-28-16-19(26-27-28)14-25-33(30,31)22-7-5-21(32-3)6-8-22/h5-10,12,16-18,25H,4,11,13-15H2,1-3H3/t18-,24+/m1/s1. The van der Waals surface area contributed by atoms with Gasteiger partial charge in [-0.1, -0.05) is 36.8 Å². The zero-order chi connectivity index (χ0) is 23.6. The molecule has 2 atom stereocenters. The van der Waals surface area contributed by atoms with Gasteiger partial charge in [-0.3, -0.25) is 9.48 Å². The van der Waals surface area contributed by atoms with Gasteiger partial charge in [0, 0.05) is 24.6 Å². The maximum Gasteiger partial charge on any atom is 0.240 e. The molecular formula is C24H30N4O4S. The van der Waals surface area contributed by atoms with Gasteiger partial charge in [0.15, 0.2) is 5.78 Å². The predicted octanol–water partition coefficient (Wildman–Crippen LogP) is 3.27. The summed E-state index contributed by atoms with van der Waals surface area (Å²) in [6, 6.07) is 6.21. The Bertz CT molecular complexity index is 1180. The number of nitrogens with one attached hydrogen (secondary N) is 1. The molecule has 0 aliphatic heterocycles. The van der Waals surface area contributed by atoms with Gasteiger partial charge in [0.05, 0.1) is 24.2 Å². The van der Waals surface area contributed by atoms with Gasteiger partial charge in [-0.25, -0.2) is 13.1 Å². The van der Waals surface area contributed by atoms with Gasteiger partial charge in [-0.05, 0) is 55.0 Å². The molecule has 0 fully saturated rings. The largest absolute Gasteiger partial charge is 0.497 e. The number of ether oxygens (including phenoxy) is 1. The third kappa shape index (κ3) is 4.79. The Morgan fingerprint density at radius 2 is 2.03 bits per heavy atom. The van der Waals surface area contributed by atoms with E-state index in [1.165, 1.54) is 24.8 Å². The summed E-state index contributed by atoms with van der Waals surface area (Å²) in [4.78, 5) is 12.0. The van der Waals surface area contributed by atoms with Crippen LogP contribution in [0.1, 0.15) is 38.8 Å². The van der Waals surface area contributed by atoms with Crippen LogP contribution >= 0.6 is 0 Å². The molecule has 33 heavy (non-hydrogen) atoms. The van der Waals surface area contributed by atoms with Crippen molar-refractivity contribution in [1.29, 1.82) is 0 Å². The molecule has 176 valence electrons. The second-order valence-electron chi connectivity index (χ2n) is 9.02. The van der Waals surface area contributed by atoms with E-state index in [2.05, 4.69) is 41.0 Å². The van der Waals surface area contributed by atoms with Crippen molar-refractivity contribution in [1.82, 2.24) is 19.7 Å². The van der Waals surface area contributed by atoms with Crippen LogP contribution in [0.2, 0.25) is 0 Å². The van der Waals surface area contributed by atoms with Gasteiger partial charge in [0.1, 0.15) is 5.75 Å². The van der Waals surface area contributed by atoms with E-state index in [4.69, 9.17) is 4.74 Å². The van der Waals surface area contributed by atoms with Gasteiger partial charge in [0.25, 0.3) is 0 Å². The Balaban J connectivity index is 1.43. The summed E-state index contributed by atoms with van der Waals surface area (Å²) in [6.07, 6.45) is 10.2. The fourth-order valence-corrected chi connectivity index (χ4v) is 5.98. The maximum atomic E-state index is 12.6. The zero-order valence-electron chi connectivity index (χ0n) is 19.2. The number of allylic oxidation sites excluding steroid dienone is 4. The van der Waals surface area contributed by atoms with Crippen molar-refractivity contribution >= 4 is 15.8 Å². The lowest BCUT2D eigenvalue weighted by molar-refractivity contribution is -0.115. The van der Waals surface area contributed by atoms with Gasteiger partial charge in [-0.2, -0.15) is 0 Å². The minimum absolute atomic E-state index is 0.0497. The number of carbonyl (C=O) groups excluding carboxylic acids is 1. The fourth-order valence-electron chi connectivity index (χ4n) is 4.98. The van der Waals surface area contributed by atoms with Crippen molar-refractivity contribution < 1.29 is 17.9 Å². The predicted molar refractivity (Wildman–Crippen MR) is 124 cm³/mol. The van der Waals surface area contributed by atoms with Gasteiger partial charge in [0.2, 0.25) is 10.0 Å². The lowest BCUT2D eigenvalue weighted by Gasteiger charge is -2.39. The Hall–Kier alpha value is -2.78. The number of benzene rings is 1. The molecule has 4 rings (SSSR count). The van der Waals surface area contributed by atoms with Gasteiger partial charge >= 0.3 is 0 Å². The molecule has 2 aliphatic carbocycles. The molecule has 0 radical (unpaired) electrons. The van der Waals surface area contributed by atoms with Crippen molar-refractivity contribution in [2.45, 2.75) is 51.1 Å². The molecule has 1 N–H and O–H groups in total. The Kier molecular flexibility index (Phi) is 6.54. The highest BCUT2D eigenvalue weighted by atomic mass is 32.2. The minimum atomic E-state index is -3.67. The summed E-state index contributed by atoms with van der Waals surface area (Å²) in [5, 5.41) is 8.40. The van der Waals surface area contributed by atoms with E-state index in [0.717, 1.165) is 12.8 Å². The number of hydrogen-bond donors (Lipinski definition) is 1. The smallest absolute Gasteiger partial charge is 0.240 e. The molecule has 1 aromatic carbocycles. The summed E-state index contributed by atoms with van der Waals surface area (Å²) in [7, 11) is -2.14. The molecule has 1 aromatic heterocycles. The van der Waals surface area contributed by atoms with E-state index < -0.39 is 10.0 Å². The summed E-state index contributed by atoms with van der Waals surface area (Å²) < 4.78 is 34.6. The number of rotatable bonds is 8. The Morgan fingerprint density at radius 1 is 1.27 bits per heavy atom. The van der Waals surface area contributed by atoms with Crippen LogP contribution in [0.5, 0.6) is 5.75 Å². The van der Waals surface area contributed by atoms with Crippen LogP contribution in [-0.2, 0) is 27.9 Å². The average molecular weight is 471 g/mol. The molecule has 9 heteroatoms. The van der Waals surface area contributed by atoms with Gasteiger partial charge < -0.3 is 4.74 Å². The minimum Gasteiger partial charge on any atom is -0.497 e. The molecule has 0 unspecified atom stereocenters. The number of ketones is 1. The van der Waals surface area contributed by atoms with Crippen LogP contribution in [0, 0.1) is 17.3 Å².